The number of fused-ring (bicyclic) bond motifs is 1. The molecule has 1 saturated heterocycles. The van der Waals surface area contributed by atoms with Crippen LogP contribution >= 0.6 is 0 Å². The summed E-state index contributed by atoms with van der Waals surface area (Å²) in [7, 11) is -2.91. The minimum Gasteiger partial charge on any atom is -0.478 e. The molecule has 0 amide bonds. The Kier molecular flexibility index (Phi) is 3.44. The predicted molar refractivity (Wildman–Crippen MR) is 77.2 cm³/mol. The second-order valence-electron chi connectivity index (χ2n) is 5.55. The summed E-state index contributed by atoms with van der Waals surface area (Å²) in [6.45, 7) is 0. The molecule has 7 heteroatoms. The Morgan fingerprint density at radius 3 is 3.00 bits per heavy atom. The lowest BCUT2D eigenvalue weighted by molar-refractivity contribution is 0.0697. The molecule has 1 aliphatic heterocycles. The van der Waals surface area contributed by atoms with Gasteiger partial charge in [-0.1, -0.05) is 0 Å². The van der Waals surface area contributed by atoms with Crippen molar-refractivity contribution in [3.8, 4) is 0 Å². The first kappa shape index (κ1) is 14.1. The molecule has 0 aromatic carbocycles. The van der Waals surface area contributed by atoms with E-state index in [0.29, 0.717) is 18.5 Å². The molecule has 6 nitrogen and oxygen atoms in total. The van der Waals surface area contributed by atoms with E-state index in [-0.39, 0.29) is 23.0 Å². The first-order valence-corrected chi connectivity index (χ1v) is 8.66. The van der Waals surface area contributed by atoms with Crippen LogP contribution in [0.15, 0.2) is 24.5 Å². The first-order valence-electron chi connectivity index (χ1n) is 6.84. The van der Waals surface area contributed by atoms with Gasteiger partial charge < -0.3 is 9.51 Å². The molecule has 1 fully saturated rings. The zero-order chi connectivity index (χ0) is 15.0. The van der Waals surface area contributed by atoms with Crippen molar-refractivity contribution in [2.75, 3.05) is 11.5 Å². The third-order valence-corrected chi connectivity index (χ3v) is 5.70. The van der Waals surface area contributed by atoms with Gasteiger partial charge >= 0.3 is 5.97 Å². The van der Waals surface area contributed by atoms with Crippen LogP contribution < -0.4 is 0 Å². The number of aromatic nitrogens is 2. The number of aromatic carboxylic acids is 1. The van der Waals surface area contributed by atoms with Gasteiger partial charge in [-0.25, -0.2) is 18.2 Å². The van der Waals surface area contributed by atoms with Crippen molar-refractivity contribution in [2.24, 2.45) is 5.92 Å². The minimum absolute atomic E-state index is 0.104. The van der Waals surface area contributed by atoms with Crippen LogP contribution in [-0.4, -0.2) is 40.4 Å². The second-order valence-corrected chi connectivity index (χ2v) is 7.77. The van der Waals surface area contributed by atoms with Crippen LogP contribution in [0.4, 0.5) is 0 Å². The number of carboxylic acid groups (broad SMARTS) is 1. The van der Waals surface area contributed by atoms with E-state index in [2.05, 4.69) is 4.98 Å². The van der Waals surface area contributed by atoms with Gasteiger partial charge in [0, 0.05) is 12.4 Å². The van der Waals surface area contributed by atoms with E-state index in [0.717, 1.165) is 12.1 Å². The normalized spacial score (nSPS) is 21.4. The first-order chi connectivity index (χ1) is 9.93. The second kappa shape index (κ2) is 5.14. The summed E-state index contributed by atoms with van der Waals surface area (Å²) >= 11 is 0. The van der Waals surface area contributed by atoms with Crippen LogP contribution in [0.5, 0.6) is 0 Å². The van der Waals surface area contributed by atoms with E-state index in [4.69, 9.17) is 5.11 Å². The number of sulfone groups is 1. The van der Waals surface area contributed by atoms with Gasteiger partial charge in [0.2, 0.25) is 0 Å². The maximum Gasteiger partial charge on any atom is 0.335 e. The van der Waals surface area contributed by atoms with Gasteiger partial charge in [-0.05, 0) is 37.3 Å². The van der Waals surface area contributed by atoms with E-state index in [1.54, 1.807) is 10.6 Å². The molecular weight excluding hydrogens is 292 g/mol. The van der Waals surface area contributed by atoms with Gasteiger partial charge in [0.15, 0.2) is 9.84 Å². The van der Waals surface area contributed by atoms with E-state index >= 15 is 0 Å². The molecule has 0 bridgehead atoms. The molecule has 3 rings (SSSR count). The molecule has 0 spiro atoms. The fraction of sp³-hybridized carbons (Fsp3) is 0.429. The monoisotopic (exact) mass is 308 g/mol. The molecule has 0 aliphatic carbocycles. The van der Waals surface area contributed by atoms with Crippen LogP contribution in [0, 0.1) is 5.92 Å². The Balaban J connectivity index is 1.83. The van der Waals surface area contributed by atoms with Crippen LogP contribution in [0.25, 0.3) is 5.65 Å². The summed E-state index contributed by atoms with van der Waals surface area (Å²) < 4.78 is 25.1. The minimum atomic E-state index is -2.91. The van der Waals surface area contributed by atoms with Crippen LogP contribution in [0.2, 0.25) is 0 Å². The van der Waals surface area contributed by atoms with Gasteiger partial charge in [0.05, 0.1) is 22.8 Å². The summed E-state index contributed by atoms with van der Waals surface area (Å²) in [5, 5.41) is 8.97. The topological polar surface area (TPSA) is 88.7 Å². The van der Waals surface area contributed by atoms with Crippen molar-refractivity contribution in [1.29, 1.82) is 0 Å². The Hall–Kier alpha value is -1.89. The smallest absolute Gasteiger partial charge is 0.335 e. The highest BCUT2D eigenvalue weighted by Gasteiger charge is 2.25. The lowest BCUT2D eigenvalue weighted by Gasteiger charge is -2.20. The van der Waals surface area contributed by atoms with Gasteiger partial charge in [-0.15, -0.1) is 0 Å². The lowest BCUT2D eigenvalue weighted by Crippen LogP contribution is -2.26. The fourth-order valence-corrected chi connectivity index (χ4v) is 4.62. The number of hydrogen-bond donors (Lipinski definition) is 1. The molecule has 1 unspecified atom stereocenters. The van der Waals surface area contributed by atoms with Crippen molar-refractivity contribution in [3.63, 3.8) is 0 Å². The third kappa shape index (κ3) is 3.07. The quantitative estimate of drug-likeness (QED) is 0.926. The van der Waals surface area contributed by atoms with Gasteiger partial charge in [-0.3, -0.25) is 0 Å². The zero-order valence-electron chi connectivity index (χ0n) is 11.4. The average molecular weight is 308 g/mol. The number of imidazole rings is 1. The Morgan fingerprint density at radius 2 is 2.29 bits per heavy atom. The molecule has 112 valence electrons. The Morgan fingerprint density at radius 1 is 1.48 bits per heavy atom. The predicted octanol–water partition coefficient (Wildman–Crippen LogP) is 1.40. The van der Waals surface area contributed by atoms with Crippen molar-refractivity contribution >= 4 is 21.5 Å². The summed E-state index contributed by atoms with van der Waals surface area (Å²) in [4.78, 5) is 15.3. The highest BCUT2D eigenvalue weighted by molar-refractivity contribution is 7.91. The van der Waals surface area contributed by atoms with Crippen LogP contribution in [0.1, 0.15) is 28.9 Å². The number of carboxylic acids is 1. The maximum absolute atomic E-state index is 11.7. The maximum atomic E-state index is 11.7. The third-order valence-electron chi connectivity index (χ3n) is 3.81. The number of rotatable bonds is 3. The van der Waals surface area contributed by atoms with Gasteiger partial charge in [-0.2, -0.15) is 0 Å². The number of nitrogens with zero attached hydrogens (tertiary/aromatic N) is 2. The average Bonchev–Trinajstić information content (AvgIpc) is 2.78. The summed E-state index contributed by atoms with van der Waals surface area (Å²) in [6, 6.07) is 3.04. The molecule has 3 heterocycles. The largest absolute Gasteiger partial charge is 0.478 e. The standard InChI is InChI=1S/C14H16N2O4S/c17-14(18)11-3-4-16-8-12(15-13(16)7-11)6-10-2-1-5-21(19,20)9-10/h3-4,7-8,10H,1-2,5-6,9H2,(H,17,18). The van der Waals surface area contributed by atoms with Gasteiger partial charge in [0.25, 0.3) is 0 Å². The molecule has 2 aromatic heterocycles. The molecule has 1 aliphatic rings. The van der Waals surface area contributed by atoms with Crippen molar-refractivity contribution in [1.82, 2.24) is 9.38 Å². The summed E-state index contributed by atoms with van der Waals surface area (Å²) in [5.41, 5.74) is 1.57. The molecule has 21 heavy (non-hydrogen) atoms. The van der Waals surface area contributed by atoms with Crippen LogP contribution in [-0.2, 0) is 16.3 Å². The van der Waals surface area contributed by atoms with E-state index in [9.17, 15) is 13.2 Å². The molecular formula is C14H16N2O4S. The molecule has 2 aromatic rings. The van der Waals surface area contributed by atoms with E-state index in [1.165, 1.54) is 12.1 Å². The zero-order valence-corrected chi connectivity index (χ0v) is 12.2. The molecule has 1 N–H and O–H groups in total. The van der Waals surface area contributed by atoms with E-state index < -0.39 is 15.8 Å². The molecule has 1 atom stereocenters. The number of hydrogen-bond acceptors (Lipinski definition) is 4. The Bertz CT molecular complexity index is 794. The highest BCUT2D eigenvalue weighted by Crippen LogP contribution is 2.22. The van der Waals surface area contributed by atoms with Crippen LogP contribution in [0.3, 0.4) is 0 Å². The number of carbonyl (C=O) groups is 1. The fourth-order valence-electron chi connectivity index (χ4n) is 2.84. The van der Waals surface area contributed by atoms with Crippen molar-refractivity contribution < 1.29 is 18.3 Å². The number of pyridine rings is 1. The highest BCUT2D eigenvalue weighted by atomic mass is 32.2. The summed E-state index contributed by atoms with van der Waals surface area (Å²) in [5.74, 6) is -0.370. The van der Waals surface area contributed by atoms with Gasteiger partial charge in [0.1, 0.15) is 5.65 Å². The SMILES string of the molecule is O=C(O)c1ccn2cc(CC3CCCS(=O)(=O)C3)nc2c1. The van der Waals surface area contributed by atoms with E-state index in [1.807, 2.05) is 6.20 Å². The van der Waals surface area contributed by atoms with Crippen molar-refractivity contribution in [3.05, 3.63) is 35.8 Å². The van der Waals surface area contributed by atoms with Crippen molar-refractivity contribution in [2.45, 2.75) is 19.3 Å². The lowest BCUT2D eigenvalue weighted by atomic mass is 10.00. The Labute approximate surface area is 122 Å². The summed E-state index contributed by atoms with van der Waals surface area (Å²) in [6.07, 6.45) is 5.72. The molecule has 0 saturated carbocycles. The molecule has 0 radical (unpaired) electrons.